The largest absolute Gasteiger partial charge is 0.435 e. The molecule has 1 aliphatic rings. The Balaban J connectivity index is 2.23. The van der Waals surface area contributed by atoms with Gasteiger partial charge in [0, 0.05) is 20.1 Å². The zero-order chi connectivity index (χ0) is 18.0. The van der Waals surface area contributed by atoms with Crippen molar-refractivity contribution in [2.45, 2.75) is 37.8 Å². The number of hydrogen-bond acceptors (Lipinski definition) is 6. The van der Waals surface area contributed by atoms with Gasteiger partial charge in [-0.25, -0.2) is 0 Å². The van der Waals surface area contributed by atoms with Gasteiger partial charge in [0.1, 0.15) is 6.10 Å². The quantitative estimate of drug-likeness (QED) is 0.708. The fraction of sp³-hybridized carbons (Fsp3) is 0.769. The summed E-state index contributed by atoms with van der Waals surface area (Å²) in [6, 6.07) is 0.920. The number of alkyl halides is 3. The van der Waals surface area contributed by atoms with Gasteiger partial charge < -0.3 is 9.47 Å². The smallest absolute Gasteiger partial charge is 0.383 e. The van der Waals surface area contributed by atoms with Crippen LogP contribution >= 0.6 is 0 Å². The van der Waals surface area contributed by atoms with Crippen LogP contribution in [0, 0.1) is 0 Å². The molecule has 11 heteroatoms. The third-order valence-corrected chi connectivity index (χ3v) is 4.11. The Morgan fingerprint density at radius 3 is 2.75 bits per heavy atom. The molecule has 138 valence electrons. The summed E-state index contributed by atoms with van der Waals surface area (Å²) >= 11 is 0. The molecule has 1 aliphatic heterocycles. The first kappa shape index (κ1) is 19.2. The summed E-state index contributed by atoms with van der Waals surface area (Å²) in [7, 11) is -2.22. The van der Waals surface area contributed by atoms with Gasteiger partial charge in [-0.2, -0.15) is 26.7 Å². The first-order valence-corrected chi connectivity index (χ1v) is 9.05. The van der Waals surface area contributed by atoms with E-state index in [9.17, 15) is 21.6 Å². The molecule has 0 spiro atoms. The third-order valence-electron chi connectivity index (χ3n) is 3.49. The summed E-state index contributed by atoms with van der Waals surface area (Å²) in [6.07, 6.45) is -4.54. The maximum atomic E-state index is 12.9. The van der Waals surface area contributed by atoms with Crippen molar-refractivity contribution in [3.05, 3.63) is 17.5 Å². The summed E-state index contributed by atoms with van der Waals surface area (Å²) in [4.78, 5) is 0. The van der Waals surface area contributed by atoms with Crippen molar-refractivity contribution in [1.82, 2.24) is 9.78 Å². The molecular formula is C13H19F3N2O5S. The van der Waals surface area contributed by atoms with E-state index >= 15 is 0 Å². The number of ether oxygens (including phenoxy) is 2. The topological polar surface area (TPSA) is 79.7 Å². The lowest BCUT2D eigenvalue weighted by Gasteiger charge is -2.29. The lowest BCUT2D eigenvalue weighted by atomic mass is 10.0. The zero-order valence-electron chi connectivity index (χ0n) is 13.2. The molecule has 2 unspecified atom stereocenters. The molecule has 2 rings (SSSR count). The number of methoxy groups -OCH3 is 1. The molecule has 2 heterocycles. The van der Waals surface area contributed by atoms with Gasteiger partial charge in [-0.15, -0.1) is 0 Å². The van der Waals surface area contributed by atoms with Crippen molar-refractivity contribution < 1.29 is 35.2 Å². The summed E-state index contributed by atoms with van der Waals surface area (Å²) in [5.41, 5.74) is -0.801. The Morgan fingerprint density at radius 1 is 1.46 bits per heavy atom. The van der Waals surface area contributed by atoms with Crippen LogP contribution in [0.2, 0.25) is 0 Å². The Labute approximate surface area is 137 Å². The van der Waals surface area contributed by atoms with E-state index in [1.807, 2.05) is 0 Å². The van der Waals surface area contributed by atoms with Gasteiger partial charge in [0.15, 0.2) is 5.69 Å². The molecule has 1 fully saturated rings. The number of nitrogens with zero attached hydrogens (tertiary/aromatic N) is 2. The van der Waals surface area contributed by atoms with Gasteiger partial charge in [-0.1, -0.05) is 0 Å². The lowest BCUT2D eigenvalue weighted by molar-refractivity contribution is -0.141. The molecule has 1 aromatic heterocycles. The second kappa shape index (κ2) is 7.38. The molecule has 0 N–H and O–H groups in total. The fourth-order valence-corrected chi connectivity index (χ4v) is 3.16. The van der Waals surface area contributed by atoms with E-state index in [0.29, 0.717) is 6.42 Å². The predicted octanol–water partition coefficient (Wildman–Crippen LogP) is 1.74. The molecule has 0 radical (unpaired) electrons. The minimum absolute atomic E-state index is 0.124. The van der Waals surface area contributed by atoms with Crippen LogP contribution in [0.1, 0.15) is 30.3 Å². The zero-order valence-corrected chi connectivity index (χ0v) is 14.1. The molecule has 0 aliphatic carbocycles. The number of halogens is 3. The summed E-state index contributed by atoms with van der Waals surface area (Å²) < 4.78 is 77.8. The summed E-state index contributed by atoms with van der Waals surface area (Å²) in [5.74, 6) is 0. The van der Waals surface area contributed by atoms with Crippen LogP contribution in [0.5, 0.6) is 0 Å². The number of aromatic nitrogens is 2. The molecule has 0 bridgehead atoms. The van der Waals surface area contributed by atoms with Gasteiger partial charge in [-0.05, 0) is 12.5 Å². The van der Waals surface area contributed by atoms with E-state index in [0.717, 1.165) is 12.3 Å². The van der Waals surface area contributed by atoms with Crippen LogP contribution in [0.3, 0.4) is 0 Å². The molecule has 0 saturated carbocycles. The number of hydrogen-bond donors (Lipinski definition) is 0. The SMILES string of the molecule is COCCn1nc(C(F)(F)F)cc1C1CC(OS(C)(=O)=O)CCO1. The highest BCUT2D eigenvalue weighted by atomic mass is 32.2. The Morgan fingerprint density at radius 2 is 2.17 bits per heavy atom. The highest BCUT2D eigenvalue weighted by molar-refractivity contribution is 7.86. The molecule has 1 saturated heterocycles. The summed E-state index contributed by atoms with van der Waals surface area (Å²) in [6.45, 7) is 0.489. The van der Waals surface area contributed by atoms with E-state index in [1.54, 1.807) is 0 Å². The minimum atomic E-state index is -4.58. The molecule has 24 heavy (non-hydrogen) atoms. The molecule has 0 aromatic carbocycles. The second-order valence-corrected chi connectivity index (χ2v) is 7.08. The predicted molar refractivity (Wildman–Crippen MR) is 76.7 cm³/mol. The molecule has 7 nitrogen and oxygen atoms in total. The summed E-state index contributed by atoms with van der Waals surface area (Å²) in [5, 5.41) is 3.57. The fourth-order valence-electron chi connectivity index (χ4n) is 2.49. The van der Waals surface area contributed by atoms with Crippen molar-refractivity contribution in [1.29, 1.82) is 0 Å². The van der Waals surface area contributed by atoms with Gasteiger partial charge in [-0.3, -0.25) is 8.86 Å². The maximum absolute atomic E-state index is 12.9. The van der Waals surface area contributed by atoms with E-state index in [1.165, 1.54) is 11.8 Å². The first-order chi connectivity index (χ1) is 11.1. The van der Waals surface area contributed by atoms with Crippen LogP contribution in [-0.4, -0.2) is 50.9 Å². The van der Waals surface area contributed by atoms with E-state index in [-0.39, 0.29) is 31.9 Å². The molecule has 1 aromatic rings. The van der Waals surface area contributed by atoms with Crippen LogP contribution in [0.15, 0.2) is 6.07 Å². The Hall–Kier alpha value is -1.17. The standard InChI is InChI=1S/C13H19F3N2O5S/c1-21-6-4-18-10(8-12(17-18)13(14,15)16)11-7-9(3-5-22-11)23-24(2,19)20/h8-9,11H,3-7H2,1-2H3. The van der Waals surface area contributed by atoms with Crippen molar-refractivity contribution in [3.8, 4) is 0 Å². The lowest BCUT2D eigenvalue weighted by Crippen LogP contribution is -2.29. The van der Waals surface area contributed by atoms with Crippen LogP contribution in [0.4, 0.5) is 13.2 Å². The van der Waals surface area contributed by atoms with Gasteiger partial charge >= 0.3 is 6.18 Å². The first-order valence-electron chi connectivity index (χ1n) is 7.24. The van der Waals surface area contributed by atoms with Crippen molar-refractivity contribution in [2.24, 2.45) is 0 Å². The minimum Gasteiger partial charge on any atom is -0.383 e. The Kier molecular flexibility index (Phi) is 5.89. The van der Waals surface area contributed by atoms with Crippen LogP contribution in [0.25, 0.3) is 0 Å². The van der Waals surface area contributed by atoms with Crippen LogP contribution < -0.4 is 0 Å². The normalized spacial score (nSPS) is 22.7. The molecule has 0 amide bonds. The van der Waals surface area contributed by atoms with E-state index < -0.39 is 34.2 Å². The maximum Gasteiger partial charge on any atom is 0.435 e. The van der Waals surface area contributed by atoms with Crippen molar-refractivity contribution >= 4 is 10.1 Å². The third kappa shape index (κ3) is 5.16. The highest BCUT2D eigenvalue weighted by Gasteiger charge is 2.37. The second-order valence-electron chi connectivity index (χ2n) is 5.47. The molecule has 2 atom stereocenters. The van der Waals surface area contributed by atoms with E-state index in [4.69, 9.17) is 13.7 Å². The highest BCUT2D eigenvalue weighted by Crippen LogP contribution is 2.34. The average molecular weight is 372 g/mol. The van der Waals surface area contributed by atoms with Crippen molar-refractivity contribution in [3.63, 3.8) is 0 Å². The van der Waals surface area contributed by atoms with Gasteiger partial charge in [0.25, 0.3) is 10.1 Å². The molecular weight excluding hydrogens is 353 g/mol. The van der Waals surface area contributed by atoms with E-state index in [2.05, 4.69) is 5.10 Å². The monoisotopic (exact) mass is 372 g/mol. The van der Waals surface area contributed by atoms with Gasteiger partial charge in [0.05, 0.1) is 31.2 Å². The van der Waals surface area contributed by atoms with Crippen molar-refractivity contribution in [2.75, 3.05) is 26.6 Å². The average Bonchev–Trinajstić information content (AvgIpc) is 2.87. The number of rotatable bonds is 6. The van der Waals surface area contributed by atoms with Crippen LogP contribution in [-0.2, 0) is 36.5 Å². The van der Waals surface area contributed by atoms with Gasteiger partial charge in [0.2, 0.25) is 0 Å². The Bertz CT molecular complexity index is 659.